The molecule has 11 heteroatoms. The van der Waals surface area contributed by atoms with Crippen molar-refractivity contribution in [1.29, 1.82) is 0 Å². The number of rotatable bonds is 6. The number of hydrogen-bond donors (Lipinski definition) is 2. The van der Waals surface area contributed by atoms with Gasteiger partial charge in [0.15, 0.2) is 6.61 Å². The number of nitrogens with zero attached hydrogens (tertiary/aromatic N) is 4. The highest BCUT2D eigenvalue weighted by Gasteiger charge is 2.29. The van der Waals surface area contributed by atoms with Crippen LogP contribution in [0, 0.1) is 0 Å². The molecular weight excluding hydrogens is 389 g/mol. The van der Waals surface area contributed by atoms with Crippen molar-refractivity contribution >= 4 is 17.5 Å². The monoisotopic (exact) mass is 410 g/mol. The summed E-state index contributed by atoms with van der Waals surface area (Å²) in [6.45, 7) is 0.442. The summed E-state index contributed by atoms with van der Waals surface area (Å²) in [7, 11) is 2.06. The lowest BCUT2D eigenvalue weighted by Gasteiger charge is -2.29. The minimum Gasteiger partial charge on any atom is -0.482 e. The van der Waals surface area contributed by atoms with Crippen molar-refractivity contribution in [3.63, 3.8) is 0 Å². The first kappa shape index (κ1) is 20.8. The molecule has 0 aromatic carbocycles. The number of halogens is 3. The third-order valence-corrected chi connectivity index (χ3v) is 4.36. The molecule has 1 amide bonds. The molecule has 1 fully saturated rings. The van der Waals surface area contributed by atoms with Crippen LogP contribution in [0.1, 0.15) is 23.3 Å². The van der Waals surface area contributed by atoms with Gasteiger partial charge in [0, 0.05) is 24.5 Å². The normalized spacial score (nSPS) is 15.7. The van der Waals surface area contributed by atoms with Gasteiger partial charge in [-0.1, -0.05) is 0 Å². The van der Waals surface area contributed by atoms with E-state index in [4.69, 9.17) is 4.74 Å². The van der Waals surface area contributed by atoms with E-state index in [9.17, 15) is 18.0 Å². The summed E-state index contributed by atoms with van der Waals surface area (Å²) in [5.41, 5.74) is 0.0891. The van der Waals surface area contributed by atoms with E-state index >= 15 is 0 Å². The fourth-order valence-electron chi connectivity index (χ4n) is 2.84. The first-order valence-corrected chi connectivity index (χ1v) is 9.03. The van der Waals surface area contributed by atoms with E-state index in [0.717, 1.165) is 25.9 Å². The predicted octanol–water partition coefficient (Wildman–Crippen LogP) is 2.57. The molecule has 0 saturated carbocycles. The molecule has 8 nitrogen and oxygen atoms in total. The van der Waals surface area contributed by atoms with Crippen LogP contribution in [0.5, 0.6) is 5.75 Å². The Labute approximate surface area is 165 Å². The Bertz CT molecular complexity index is 840. The lowest BCUT2D eigenvalue weighted by atomic mass is 10.1. The topological polar surface area (TPSA) is 92.3 Å². The van der Waals surface area contributed by atoms with Gasteiger partial charge in [-0.2, -0.15) is 13.2 Å². The molecular formula is C18H21F3N6O2. The Balaban J connectivity index is 1.65. The highest BCUT2D eigenvalue weighted by atomic mass is 19.4. The molecule has 0 spiro atoms. The summed E-state index contributed by atoms with van der Waals surface area (Å²) < 4.78 is 42.0. The molecule has 0 aliphatic carbocycles. The number of ether oxygens (including phenoxy) is 1. The van der Waals surface area contributed by atoms with Crippen molar-refractivity contribution in [2.45, 2.75) is 25.1 Å². The van der Waals surface area contributed by atoms with Gasteiger partial charge in [0.25, 0.3) is 5.91 Å². The maximum atomic E-state index is 12.5. The van der Waals surface area contributed by atoms with Gasteiger partial charge >= 0.3 is 6.18 Å². The highest BCUT2D eigenvalue weighted by molar-refractivity contribution is 6.03. The van der Waals surface area contributed by atoms with Gasteiger partial charge in [-0.3, -0.25) is 9.78 Å². The molecule has 0 unspecified atom stereocenters. The first-order chi connectivity index (χ1) is 13.8. The number of anilines is 2. The minimum atomic E-state index is -4.49. The van der Waals surface area contributed by atoms with Gasteiger partial charge in [0.05, 0.1) is 6.20 Å². The number of piperidine rings is 1. The first-order valence-electron chi connectivity index (χ1n) is 9.03. The summed E-state index contributed by atoms with van der Waals surface area (Å²) in [4.78, 5) is 26.9. The van der Waals surface area contributed by atoms with Crippen LogP contribution in [-0.2, 0) is 0 Å². The van der Waals surface area contributed by atoms with Crippen molar-refractivity contribution in [2.24, 2.45) is 0 Å². The molecule has 2 N–H and O–H groups in total. The van der Waals surface area contributed by atoms with Crippen LogP contribution in [0.15, 0.2) is 30.7 Å². The van der Waals surface area contributed by atoms with Gasteiger partial charge in [-0.25, -0.2) is 9.97 Å². The second-order valence-corrected chi connectivity index (χ2v) is 6.72. The summed E-state index contributed by atoms with van der Waals surface area (Å²) in [6.07, 6.45) is 1.31. The van der Waals surface area contributed by atoms with Gasteiger partial charge < -0.3 is 20.3 Å². The third kappa shape index (κ3) is 6.28. The second-order valence-electron chi connectivity index (χ2n) is 6.72. The van der Waals surface area contributed by atoms with Crippen molar-refractivity contribution in [2.75, 3.05) is 37.4 Å². The van der Waals surface area contributed by atoms with Crippen LogP contribution in [0.2, 0.25) is 0 Å². The van der Waals surface area contributed by atoms with Crippen LogP contribution in [0.4, 0.5) is 24.8 Å². The Hall–Kier alpha value is -2.95. The maximum absolute atomic E-state index is 12.5. The van der Waals surface area contributed by atoms with Crippen LogP contribution in [0.3, 0.4) is 0 Å². The van der Waals surface area contributed by atoms with E-state index < -0.39 is 18.7 Å². The largest absolute Gasteiger partial charge is 0.482 e. The van der Waals surface area contributed by atoms with Gasteiger partial charge in [-0.05, 0) is 39.0 Å². The number of pyridine rings is 1. The molecule has 156 valence electrons. The number of aromatic nitrogens is 3. The van der Waals surface area contributed by atoms with Crippen LogP contribution in [0.25, 0.3) is 0 Å². The zero-order valence-corrected chi connectivity index (χ0v) is 15.7. The zero-order valence-electron chi connectivity index (χ0n) is 15.7. The fraction of sp³-hybridized carbons (Fsp3) is 0.444. The number of hydrogen-bond acceptors (Lipinski definition) is 7. The van der Waals surface area contributed by atoms with Gasteiger partial charge in [0.2, 0.25) is 5.95 Å². The molecule has 2 aromatic heterocycles. The van der Waals surface area contributed by atoms with E-state index in [2.05, 4.69) is 37.5 Å². The Morgan fingerprint density at radius 3 is 2.76 bits per heavy atom. The van der Waals surface area contributed by atoms with Crippen LogP contribution < -0.4 is 15.4 Å². The minimum absolute atomic E-state index is 0.0187. The summed E-state index contributed by atoms with van der Waals surface area (Å²) in [5, 5.41) is 5.70. The molecule has 1 saturated heterocycles. The standard InChI is InChI=1S/C18H21F3N6O2/c1-27-8-4-12(5-9-27)24-17-23-7-2-13(26-17)16(28)25-14-10-22-6-3-15(14)29-11-18(19,20)21/h2-3,6-7,10,12H,4-5,8-9,11H2,1H3,(H,25,28)(H,23,24,26). The van der Waals surface area contributed by atoms with Crippen LogP contribution in [-0.4, -0.2) is 64.7 Å². The Kier molecular flexibility index (Phi) is 6.47. The van der Waals surface area contributed by atoms with Gasteiger partial charge in [-0.15, -0.1) is 0 Å². The summed E-state index contributed by atoms with van der Waals surface area (Å²) >= 11 is 0. The number of likely N-dealkylation sites (tertiary alicyclic amines) is 1. The average Bonchev–Trinajstić information content (AvgIpc) is 2.69. The fourth-order valence-corrected chi connectivity index (χ4v) is 2.84. The number of amides is 1. The van der Waals surface area contributed by atoms with Crippen molar-refractivity contribution in [1.82, 2.24) is 19.9 Å². The second kappa shape index (κ2) is 9.03. The van der Waals surface area contributed by atoms with E-state index in [1.165, 1.54) is 30.7 Å². The van der Waals surface area contributed by atoms with Crippen LogP contribution >= 0.6 is 0 Å². The summed E-state index contributed by atoms with van der Waals surface area (Å²) in [5.74, 6) is -0.417. The molecule has 1 aliphatic rings. The van der Waals surface area contributed by atoms with Crippen molar-refractivity contribution in [3.05, 3.63) is 36.4 Å². The quantitative estimate of drug-likeness (QED) is 0.756. The van der Waals surface area contributed by atoms with Gasteiger partial charge in [0.1, 0.15) is 17.1 Å². The lowest BCUT2D eigenvalue weighted by Crippen LogP contribution is -2.37. The average molecular weight is 410 g/mol. The zero-order chi connectivity index (χ0) is 20.9. The number of alkyl halides is 3. The van der Waals surface area contributed by atoms with Crippen molar-refractivity contribution < 1.29 is 22.7 Å². The molecule has 1 aliphatic heterocycles. The molecule has 3 rings (SSSR count). The molecule has 0 radical (unpaired) electrons. The van der Waals surface area contributed by atoms with E-state index in [1.54, 1.807) is 0 Å². The number of nitrogens with one attached hydrogen (secondary N) is 2. The SMILES string of the molecule is CN1CCC(Nc2nccc(C(=O)Nc3cnccc3OCC(F)(F)F)n2)CC1. The Morgan fingerprint density at radius 2 is 2.03 bits per heavy atom. The molecule has 0 atom stereocenters. The third-order valence-electron chi connectivity index (χ3n) is 4.36. The molecule has 29 heavy (non-hydrogen) atoms. The highest BCUT2D eigenvalue weighted by Crippen LogP contribution is 2.26. The molecule has 0 bridgehead atoms. The molecule has 2 aromatic rings. The van der Waals surface area contributed by atoms with E-state index in [-0.39, 0.29) is 23.2 Å². The predicted molar refractivity (Wildman–Crippen MR) is 99.9 cm³/mol. The number of carbonyl (C=O) groups is 1. The molecule has 3 heterocycles. The smallest absolute Gasteiger partial charge is 0.422 e. The van der Waals surface area contributed by atoms with Crippen molar-refractivity contribution in [3.8, 4) is 5.75 Å². The van der Waals surface area contributed by atoms with E-state index in [0.29, 0.717) is 5.95 Å². The lowest BCUT2D eigenvalue weighted by molar-refractivity contribution is -0.153. The van der Waals surface area contributed by atoms with E-state index in [1.807, 2.05) is 0 Å². The maximum Gasteiger partial charge on any atom is 0.422 e. The number of carbonyl (C=O) groups excluding carboxylic acids is 1. The Morgan fingerprint density at radius 1 is 1.28 bits per heavy atom. The summed E-state index contributed by atoms with van der Waals surface area (Å²) in [6, 6.07) is 2.88.